The number of cyclic esters (lactones) is 1. The van der Waals surface area contributed by atoms with E-state index in [0.717, 1.165) is 21.4 Å². The van der Waals surface area contributed by atoms with E-state index in [4.69, 9.17) is 16.3 Å². The summed E-state index contributed by atoms with van der Waals surface area (Å²) < 4.78 is 5.90. The van der Waals surface area contributed by atoms with E-state index in [0.29, 0.717) is 29.0 Å². The quantitative estimate of drug-likeness (QED) is 0.760. The Kier molecular flexibility index (Phi) is 3.16. The van der Waals surface area contributed by atoms with Crippen LogP contribution in [0.2, 0.25) is 5.02 Å². The Balaban J connectivity index is 1.91. The molecule has 0 aromatic heterocycles. The maximum absolute atomic E-state index is 12.3. The molecule has 0 saturated heterocycles. The van der Waals surface area contributed by atoms with Gasteiger partial charge in [0.2, 0.25) is 0 Å². The fourth-order valence-electron chi connectivity index (χ4n) is 3.30. The van der Waals surface area contributed by atoms with E-state index >= 15 is 0 Å². The molecule has 4 nitrogen and oxygen atoms in total. The molecule has 0 saturated carbocycles. The van der Waals surface area contributed by atoms with E-state index in [1.165, 1.54) is 0 Å². The fraction of sp³-hybridized carbons (Fsp3) is 0.250. The van der Waals surface area contributed by atoms with Crippen LogP contribution in [0.3, 0.4) is 0 Å². The number of allylic oxidation sites excluding steroid dienone is 2. The van der Waals surface area contributed by atoms with Crippen LogP contribution in [0.25, 0.3) is 0 Å². The number of carbonyl (C=O) groups excluding carboxylic acids is 2. The highest BCUT2D eigenvalue weighted by molar-refractivity contribution is 9.10. The zero-order valence-corrected chi connectivity index (χ0v) is 13.8. The zero-order valence-electron chi connectivity index (χ0n) is 11.4. The number of halogens is 2. The normalized spacial score (nSPS) is 23.5. The summed E-state index contributed by atoms with van der Waals surface area (Å²) in [5, 5.41) is 3.81. The van der Waals surface area contributed by atoms with Gasteiger partial charge in [-0.25, -0.2) is 4.79 Å². The summed E-state index contributed by atoms with van der Waals surface area (Å²) >= 11 is 9.46. The highest BCUT2D eigenvalue weighted by atomic mass is 79.9. The molecule has 1 atom stereocenters. The van der Waals surface area contributed by atoms with Crippen molar-refractivity contribution < 1.29 is 14.3 Å². The van der Waals surface area contributed by atoms with Crippen molar-refractivity contribution in [2.45, 2.75) is 18.8 Å². The van der Waals surface area contributed by atoms with E-state index in [1.807, 2.05) is 12.1 Å². The molecule has 6 heteroatoms. The predicted molar refractivity (Wildman–Crippen MR) is 84.3 cm³/mol. The Hall–Kier alpha value is -1.59. The number of dihydropyridines is 1. The van der Waals surface area contributed by atoms with Crippen LogP contribution in [0.15, 0.2) is 45.2 Å². The van der Waals surface area contributed by atoms with Crippen molar-refractivity contribution >= 4 is 39.3 Å². The Bertz CT molecular complexity index is 757. The van der Waals surface area contributed by atoms with Crippen LogP contribution < -0.4 is 5.32 Å². The average Bonchev–Trinajstić information content (AvgIpc) is 3.05. The van der Waals surface area contributed by atoms with Crippen LogP contribution in [-0.2, 0) is 14.3 Å². The van der Waals surface area contributed by atoms with E-state index in [-0.39, 0.29) is 24.3 Å². The number of Topliss-reactive ketones (excluding diaryl/α,β-unsaturated/α-hetero) is 1. The molecule has 1 N–H and O–H groups in total. The summed E-state index contributed by atoms with van der Waals surface area (Å²) in [6.45, 7) is 0.240. The number of ether oxygens (including phenoxy) is 1. The number of ketones is 1. The Morgan fingerprint density at radius 3 is 2.77 bits per heavy atom. The number of rotatable bonds is 1. The van der Waals surface area contributed by atoms with Gasteiger partial charge in [0.05, 0.1) is 16.3 Å². The van der Waals surface area contributed by atoms with Gasteiger partial charge in [-0.3, -0.25) is 4.79 Å². The summed E-state index contributed by atoms with van der Waals surface area (Å²) in [7, 11) is 0. The van der Waals surface area contributed by atoms with Gasteiger partial charge >= 0.3 is 5.97 Å². The lowest BCUT2D eigenvalue weighted by atomic mass is 9.81. The molecule has 0 amide bonds. The van der Waals surface area contributed by atoms with Gasteiger partial charge < -0.3 is 10.1 Å². The van der Waals surface area contributed by atoms with Gasteiger partial charge in [0.15, 0.2) is 5.78 Å². The average molecular weight is 381 g/mol. The minimum Gasteiger partial charge on any atom is -0.456 e. The molecular formula is C16H11BrClNO3. The summed E-state index contributed by atoms with van der Waals surface area (Å²) in [5.74, 6) is -0.639. The number of esters is 1. The molecular weight excluding hydrogens is 370 g/mol. The van der Waals surface area contributed by atoms with Gasteiger partial charge in [-0.05, 0) is 40.0 Å². The highest BCUT2D eigenvalue weighted by Gasteiger charge is 2.43. The second kappa shape index (κ2) is 4.96. The number of hydrogen-bond donors (Lipinski definition) is 1. The topological polar surface area (TPSA) is 55.4 Å². The Morgan fingerprint density at radius 1 is 1.18 bits per heavy atom. The first-order chi connectivity index (χ1) is 10.6. The molecule has 0 spiro atoms. The van der Waals surface area contributed by atoms with Crippen LogP contribution in [-0.4, -0.2) is 18.4 Å². The lowest BCUT2D eigenvalue weighted by Crippen LogP contribution is -2.26. The van der Waals surface area contributed by atoms with Crippen molar-refractivity contribution in [1.29, 1.82) is 0 Å². The fourth-order valence-corrected chi connectivity index (χ4v) is 3.82. The summed E-state index contributed by atoms with van der Waals surface area (Å²) in [6.07, 6.45) is 1.17. The number of nitrogens with one attached hydrogen (secondary N) is 1. The number of hydrogen-bond acceptors (Lipinski definition) is 4. The lowest BCUT2D eigenvalue weighted by Gasteiger charge is -2.26. The molecule has 0 radical (unpaired) electrons. The molecule has 2 heterocycles. The first-order valence-electron chi connectivity index (χ1n) is 6.94. The first-order valence-corrected chi connectivity index (χ1v) is 8.11. The van der Waals surface area contributed by atoms with Crippen LogP contribution >= 0.6 is 27.5 Å². The van der Waals surface area contributed by atoms with E-state index in [1.54, 1.807) is 6.07 Å². The van der Waals surface area contributed by atoms with Crippen molar-refractivity contribution in [2.75, 3.05) is 6.61 Å². The zero-order chi connectivity index (χ0) is 15.4. The van der Waals surface area contributed by atoms with Gasteiger partial charge in [0, 0.05) is 28.1 Å². The second-order valence-corrected chi connectivity index (χ2v) is 6.78. The molecule has 22 heavy (non-hydrogen) atoms. The van der Waals surface area contributed by atoms with Gasteiger partial charge in [0.1, 0.15) is 6.61 Å². The second-order valence-electron chi connectivity index (χ2n) is 5.52. The first kappa shape index (κ1) is 14.0. The van der Waals surface area contributed by atoms with Crippen molar-refractivity contribution in [3.8, 4) is 0 Å². The third-order valence-electron chi connectivity index (χ3n) is 4.28. The smallest absolute Gasteiger partial charge is 0.337 e. The van der Waals surface area contributed by atoms with Crippen molar-refractivity contribution in [3.63, 3.8) is 0 Å². The van der Waals surface area contributed by atoms with Crippen LogP contribution in [0.5, 0.6) is 0 Å². The molecule has 2 aliphatic heterocycles. The van der Waals surface area contributed by atoms with E-state index in [9.17, 15) is 9.59 Å². The lowest BCUT2D eigenvalue weighted by molar-refractivity contribution is -0.136. The molecule has 112 valence electrons. The highest BCUT2D eigenvalue weighted by Crippen LogP contribution is 2.45. The molecule has 1 aliphatic carbocycles. The monoisotopic (exact) mass is 379 g/mol. The molecule has 1 aromatic carbocycles. The van der Waals surface area contributed by atoms with E-state index in [2.05, 4.69) is 21.2 Å². The van der Waals surface area contributed by atoms with Crippen LogP contribution in [0, 0.1) is 0 Å². The maximum atomic E-state index is 12.3. The standard InChI is InChI=1S/C16H11BrClNO3/c17-8-5-7(1-2-9(8)18)13-14-10(3-4-12(14)20)19-11-6-22-16(21)15(11)13/h1-2,5,13,19H,3-4,6H2/t13-/m0/s1. The molecule has 3 aliphatic rings. The molecule has 1 aromatic rings. The molecule has 0 bridgehead atoms. The maximum Gasteiger partial charge on any atom is 0.337 e. The summed E-state index contributed by atoms with van der Waals surface area (Å²) in [4.78, 5) is 24.5. The van der Waals surface area contributed by atoms with Crippen LogP contribution in [0.4, 0.5) is 0 Å². The minimum absolute atomic E-state index is 0.0878. The third kappa shape index (κ3) is 1.96. The Morgan fingerprint density at radius 2 is 2.00 bits per heavy atom. The summed E-state index contributed by atoms with van der Waals surface area (Å²) in [5.41, 5.74) is 3.79. The largest absolute Gasteiger partial charge is 0.456 e. The predicted octanol–water partition coefficient (Wildman–Crippen LogP) is 3.22. The number of carbonyl (C=O) groups is 2. The SMILES string of the molecule is O=C1CCC2=C1[C@H](c1ccc(Cl)c(Br)c1)C1=C(COC1=O)N2. The Labute approximate surface area is 140 Å². The van der Waals surface area contributed by atoms with Crippen molar-refractivity contribution in [1.82, 2.24) is 5.32 Å². The van der Waals surface area contributed by atoms with E-state index < -0.39 is 0 Å². The molecule has 0 fully saturated rings. The minimum atomic E-state index is -0.371. The summed E-state index contributed by atoms with van der Waals surface area (Å²) in [6, 6.07) is 5.49. The molecule has 0 unspecified atom stereocenters. The van der Waals surface area contributed by atoms with Gasteiger partial charge in [-0.15, -0.1) is 0 Å². The van der Waals surface area contributed by atoms with Gasteiger partial charge in [-0.1, -0.05) is 17.7 Å². The van der Waals surface area contributed by atoms with Gasteiger partial charge in [-0.2, -0.15) is 0 Å². The number of benzene rings is 1. The van der Waals surface area contributed by atoms with Gasteiger partial charge in [0.25, 0.3) is 0 Å². The van der Waals surface area contributed by atoms with Crippen molar-refractivity contribution in [3.05, 3.63) is 55.8 Å². The third-order valence-corrected chi connectivity index (χ3v) is 5.49. The molecule has 4 rings (SSSR count). The van der Waals surface area contributed by atoms with Crippen molar-refractivity contribution in [2.24, 2.45) is 0 Å². The van der Waals surface area contributed by atoms with Crippen LogP contribution in [0.1, 0.15) is 24.3 Å².